The van der Waals surface area contributed by atoms with Crippen LogP contribution in [-0.2, 0) is 38.3 Å². The van der Waals surface area contributed by atoms with Gasteiger partial charge in [0.05, 0.1) is 0 Å². The van der Waals surface area contributed by atoms with Gasteiger partial charge < -0.3 is 30.3 Å². The summed E-state index contributed by atoms with van der Waals surface area (Å²) in [5, 5.41) is 25.2. The molecule has 0 saturated carbocycles. The quantitative estimate of drug-likeness (QED) is 0.0880. The molecule has 0 radical (unpaired) electrons. The van der Waals surface area contributed by atoms with Crippen molar-refractivity contribution in [3.05, 3.63) is 64.5 Å². The minimum absolute atomic E-state index is 0.0190. The lowest BCUT2D eigenvalue weighted by Crippen LogP contribution is -2.71. The second kappa shape index (κ2) is 12.0. The normalized spacial score (nSPS) is 19.0. The van der Waals surface area contributed by atoms with Gasteiger partial charge in [0.15, 0.2) is 10.8 Å². The third-order valence-corrected chi connectivity index (χ3v) is 8.76. The zero-order valence-corrected chi connectivity index (χ0v) is 23.4. The van der Waals surface area contributed by atoms with E-state index in [9.17, 15) is 32.7 Å². The van der Waals surface area contributed by atoms with E-state index in [4.69, 9.17) is 15.0 Å². The number of thiazole rings is 1. The highest BCUT2D eigenvalue weighted by Crippen LogP contribution is 2.40. The summed E-state index contributed by atoms with van der Waals surface area (Å²) in [6.45, 7) is 0.947. The molecule has 1 fully saturated rings. The molecule has 18 heteroatoms. The number of rotatable bonds is 11. The predicted octanol–water partition coefficient (Wildman–Crippen LogP) is 0.497. The lowest BCUT2D eigenvalue weighted by atomic mass is 10.0. The molecule has 1 aromatic carbocycles. The van der Waals surface area contributed by atoms with Gasteiger partial charge in [-0.25, -0.2) is 14.6 Å². The molecule has 5 N–H and O–H groups in total. The molecule has 4 rings (SSSR count). The Morgan fingerprint density at radius 2 is 1.98 bits per heavy atom. The molecule has 0 aliphatic carbocycles. The Balaban J connectivity index is 1.49. The first-order valence-electron chi connectivity index (χ1n) is 11.4. The Labute approximate surface area is 240 Å². The molecule has 2 aliphatic rings. The van der Waals surface area contributed by atoms with Gasteiger partial charge in [-0.1, -0.05) is 22.9 Å². The number of benzene rings is 1. The third-order valence-electron chi connectivity index (χ3n) is 5.57. The van der Waals surface area contributed by atoms with E-state index in [1.807, 2.05) is 0 Å². The lowest BCUT2D eigenvalue weighted by Gasteiger charge is -2.49. The smallest absolute Gasteiger partial charge is 0.352 e. The summed E-state index contributed by atoms with van der Waals surface area (Å²) in [5.74, 6) is -4.43. The van der Waals surface area contributed by atoms with Gasteiger partial charge in [-0.3, -0.25) is 14.5 Å². The molecule has 1 unspecified atom stereocenters. The van der Waals surface area contributed by atoms with Crippen molar-refractivity contribution < 1.29 is 46.8 Å². The van der Waals surface area contributed by atoms with Crippen LogP contribution in [0.2, 0.25) is 0 Å². The molecule has 3 heterocycles. The fourth-order valence-electron chi connectivity index (χ4n) is 3.68. The Bertz CT molecular complexity index is 1600. The molecule has 15 nitrogen and oxygen atoms in total. The number of fused-ring (bicyclic) bond motifs is 1. The van der Waals surface area contributed by atoms with Crippen LogP contribution in [0.5, 0.6) is 0 Å². The molecular weight excluding hydrogens is 602 g/mol. The maximum absolute atomic E-state index is 13.0. The molecule has 41 heavy (non-hydrogen) atoms. The number of hydrogen-bond acceptors (Lipinski definition) is 13. The van der Waals surface area contributed by atoms with Crippen molar-refractivity contribution in [1.82, 2.24) is 15.2 Å². The molecule has 1 saturated heterocycles. The molecule has 0 bridgehead atoms. The first-order valence-corrected chi connectivity index (χ1v) is 14.7. The van der Waals surface area contributed by atoms with Gasteiger partial charge >= 0.3 is 22.1 Å². The highest BCUT2D eigenvalue weighted by Gasteiger charge is 2.54. The lowest BCUT2D eigenvalue weighted by molar-refractivity contribution is -0.150. The van der Waals surface area contributed by atoms with Crippen LogP contribution in [0.15, 0.2) is 63.3 Å². The van der Waals surface area contributed by atoms with Gasteiger partial charge in [-0.2, -0.15) is 8.42 Å². The minimum atomic E-state index is -4.16. The molecule has 2 amide bonds. The number of aliphatic carboxylic acids is 2. The van der Waals surface area contributed by atoms with Gasteiger partial charge in [0.1, 0.15) is 34.0 Å². The molecule has 2 aromatic rings. The molecule has 2 aliphatic heterocycles. The van der Waals surface area contributed by atoms with E-state index >= 15 is 0 Å². The van der Waals surface area contributed by atoms with Gasteiger partial charge in [-0.15, -0.1) is 23.1 Å². The number of thioether (sulfide) groups is 1. The number of carboxylic acid groups (broad SMARTS) is 2. The number of oxime groups is 1. The number of nitrogens with one attached hydrogen (secondary N) is 1. The second-order valence-electron chi connectivity index (χ2n) is 8.38. The maximum atomic E-state index is 13.0. The maximum Gasteiger partial charge on any atom is 0.352 e. The van der Waals surface area contributed by atoms with E-state index in [-0.39, 0.29) is 27.0 Å². The summed E-state index contributed by atoms with van der Waals surface area (Å²) in [6.07, 6.45) is 1.98. The van der Waals surface area contributed by atoms with Crippen LogP contribution < -0.4 is 11.1 Å². The van der Waals surface area contributed by atoms with Crippen molar-refractivity contribution >= 4 is 67.8 Å². The number of hydrogen-bond donors (Lipinski definition) is 4. The van der Waals surface area contributed by atoms with Crippen LogP contribution in [-0.4, -0.2) is 81.8 Å². The highest BCUT2D eigenvalue weighted by atomic mass is 32.2. The van der Waals surface area contributed by atoms with Crippen molar-refractivity contribution in [1.29, 1.82) is 0 Å². The average Bonchev–Trinajstić information content (AvgIpc) is 3.34. The van der Waals surface area contributed by atoms with Crippen LogP contribution in [0.4, 0.5) is 5.13 Å². The van der Waals surface area contributed by atoms with E-state index < -0.39 is 63.3 Å². The molecule has 2 atom stereocenters. The largest absolute Gasteiger partial charge is 0.479 e. The number of nitrogen functional groups attached to an aromatic ring is 1. The van der Waals surface area contributed by atoms with Crippen molar-refractivity contribution in [2.75, 3.05) is 18.1 Å². The van der Waals surface area contributed by atoms with Gasteiger partial charge in [-0.05, 0) is 30.7 Å². The predicted molar refractivity (Wildman–Crippen MR) is 145 cm³/mol. The van der Waals surface area contributed by atoms with Crippen molar-refractivity contribution in [3.63, 3.8) is 0 Å². The standard InChI is InChI=1S/C23H21N5O10S3/c1-11-2-4-13(5-3-11)41(35,36)38-7-6-12-9-39-21-17(20(32)28(21)18(12)22(33)34)26-19(31)16(27-37-8-15(29)30)14-10-40-23(24)25-14/h2-7,10,17,21H,8-9H2,1H3,(H2,24,25)(H,26,31)(H,29,30)(H,33,34)/b7-6+,27-16-/t17?,21-/m1/s1. The number of anilines is 1. The molecule has 0 spiro atoms. The van der Waals surface area contributed by atoms with E-state index in [2.05, 4.69) is 20.3 Å². The van der Waals surface area contributed by atoms with Gasteiger partial charge in [0.25, 0.3) is 11.8 Å². The summed E-state index contributed by atoms with van der Waals surface area (Å²) in [4.78, 5) is 58.2. The Morgan fingerprint density at radius 3 is 2.59 bits per heavy atom. The summed E-state index contributed by atoms with van der Waals surface area (Å²) < 4.78 is 29.7. The van der Waals surface area contributed by atoms with Crippen molar-refractivity contribution in [2.24, 2.45) is 5.16 Å². The monoisotopic (exact) mass is 623 g/mol. The Kier molecular flexibility index (Phi) is 8.64. The van der Waals surface area contributed by atoms with Gasteiger partial charge in [0, 0.05) is 11.1 Å². The summed E-state index contributed by atoms with van der Waals surface area (Å²) in [5.41, 5.74) is 5.71. The second-order valence-corrected chi connectivity index (χ2v) is 12.0. The van der Waals surface area contributed by atoms with Crippen molar-refractivity contribution in [3.8, 4) is 0 Å². The number of aryl methyl sites for hydroxylation is 1. The van der Waals surface area contributed by atoms with Crippen LogP contribution in [0, 0.1) is 6.92 Å². The number of carbonyl (C=O) groups excluding carboxylic acids is 2. The summed E-state index contributed by atoms with van der Waals surface area (Å²) in [6, 6.07) is 4.76. The van der Waals surface area contributed by atoms with Crippen LogP contribution >= 0.6 is 23.1 Å². The highest BCUT2D eigenvalue weighted by molar-refractivity contribution is 8.00. The molecule has 216 valence electrons. The zero-order chi connectivity index (χ0) is 29.9. The number of nitrogens with zero attached hydrogens (tertiary/aromatic N) is 3. The Morgan fingerprint density at radius 1 is 1.27 bits per heavy atom. The van der Waals surface area contributed by atoms with E-state index in [0.717, 1.165) is 45.9 Å². The van der Waals surface area contributed by atoms with Crippen LogP contribution in [0.3, 0.4) is 0 Å². The number of carbonyl (C=O) groups is 4. The van der Waals surface area contributed by atoms with Crippen LogP contribution in [0.1, 0.15) is 11.3 Å². The fraction of sp³-hybridized carbons (Fsp3) is 0.217. The first-order chi connectivity index (χ1) is 19.4. The summed E-state index contributed by atoms with van der Waals surface area (Å²) in [7, 11) is -4.16. The number of aromatic nitrogens is 1. The average molecular weight is 624 g/mol. The number of β-lactam (4-membered cyclic amide) rings is 1. The third kappa shape index (κ3) is 6.50. The zero-order valence-electron chi connectivity index (χ0n) is 20.9. The number of nitrogens with two attached hydrogens (primary N) is 1. The number of amides is 2. The van der Waals surface area contributed by atoms with Gasteiger partial charge in [0.2, 0.25) is 6.61 Å². The Hall–Kier alpha value is -4.42. The molecule has 1 aromatic heterocycles. The van der Waals surface area contributed by atoms with E-state index in [0.29, 0.717) is 0 Å². The minimum Gasteiger partial charge on any atom is -0.479 e. The van der Waals surface area contributed by atoms with Crippen molar-refractivity contribution in [2.45, 2.75) is 23.2 Å². The first kappa shape index (κ1) is 29.6. The topological polar surface area (TPSA) is 228 Å². The van der Waals surface area contributed by atoms with Crippen LogP contribution in [0.25, 0.3) is 0 Å². The number of carboxylic acids is 2. The van der Waals surface area contributed by atoms with E-state index in [1.165, 1.54) is 17.5 Å². The van der Waals surface area contributed by atoms with E-state index in [1.54, 1.807) is 19.1 Å². The fourth-order valence-corrected chi connectivity index (χ4v) is 6.33. The number of allylic oxidation sites excluding steroid dienone is 1. The molecular formula is C23H21N5O10S3. The SMILES string of the molecule is Cc1ccc(S(=O)(=O)O/C=C/C2=C(C(=O)O)N3C(=O)C(NC(=O)/C(=N\OCC(=O)O)c4csc(N)n4)[C@H]3SC2)cc1. The summed E-state index contributed by atoms with van der Waals surface area (Å²) >= 11 is 2.10.